The van der Waals surface area contributed by atoms with Gasteiger partial charge in [0, 0.05) is 10.3 Å². The lowest BCUT2D eigenvalue weighted by molar-refractivity contribution is 0.599. The molecule has 0 amide bonds. The maximum Gasteiger partial charge on any atom is 0.128 e. The number of rotatable bonds is 2. The van der Waals surface area contributed by atoms with Crippen molar-refractivity contribution in [1.82, 2.24) is 0 Å². The second kappa shape index (κ2) is 4.76. The van der Waals surface area contributed by atoms with Crippen LogP contribution >= 0.6 is 11.3 Å². The molecule has 3 aromatic rings. The molecule has 1 heterocycles. The van der Waals surface area contributed by atoms with Crippen LogP contribution in [0.15, 0.2) is 47.8 Å². The number of hydrogen-bond donors (Lipinski definition) is 1. The van der Waals surface area contributed by atoms with Crippen molar-refractivity contribution >= 4 is 21.4 Å². The third-order valence-corrected chi connectivity index (χ3v) is 4.32. The first kappa shape index (κ1) is 12.3. The summed E-state index contributed by atoms with van der Waals surface area (Å²) in [6.45, 7) is 1.87. The summed E-state index contributed by atoms with van der Waals surface area (Å²) in [6.07, 6.45) is 0. The monoisotopic (exact) mass is 271 g/mol. The molecule has 19 heavy (non-hydrogen) atoms. The number of thiophene rings is 1. The number of halogens is 1. The minimum atomic E-state index is -0.420. The number of aryl methyl sites for hydroxylation is 1. The molecule has 2 aromatic carbocycles. The number of fused-ring (bicyclic) bond motifs is 1. The first-order valence-electron chi connectivity index (χ1n) is 6.14. The summed E-state index contributed by atoms with van der Waals surface area (Å²) in [5, 5.41) is 3.13. The second-order valence-corrected chi connectivity index (χ2v) is 5.60. The normalized spacial score (nSPS) is 12.8. The van der Waals surface area contributed by atoms with E-state index in [9.17, 15) is 4.39 Å². The third kappa shape index (κ3) is 2.15. The van der Waals surface area contributed by atoms with Gasteiger partial charge in [0.1, 0.15) is 5.82 Å². The Morgan fingerprint density at radius 3 is 2.68 bits per heavy atom. The van der Waals surface area contributed by atoms with Crippen LogP contribution in [0.2, 0.25) is 0 Å². The van der Waals surface area contributed by atoms with Crippen LogP contribution in [0, 0.1) is 12.7 Å². The highest BCUT2D eigenvalue weighted by molar-refractivity contribution is 7.17. The van der Waals surface area contributed by atoms with Gasteiger partial charge in [-0.3, -0.25) is 0 Å². The zero-order valence-corrected chi connectivity index (χ0v) is 11.4. The van der Waals surface area contributed by atoms with Crippen LogP contribution in [0.3, 0.4) is 0 Å². The van der Waals surface area contributed by atoms with Crippen LogP contribution in [-0.2, 0) is 0 Å². The molecule has 1 atom stereocenters. The van der Waals surface area contributed by atoms with Gasteiger partial charge >= 0.3 is 0 Å². The molecule has 1 unspecified atom stereocenters. The van der Waals surface area contributed by atoms with Gasteiger partial charge in [0.15, 0.2) is 0 Å². The van der Waals surface area contributed by atoms with Crippen molar-refractivity contribution in [3.63, 3.8) is 0 Å². The summed E-state index contributed by atoms with van der Waals surface area (Å²) in [4.78, 5) is 0. The van der Waals surface area contributed by atoms with Gasteiger partial charge in [0.2, 0.25) is 0 Å². The summed E-state index contributed by atoms with van der Waals surface area (Å²) < 4.78 is 15.2. The van der Waals surface area contributed by atoms with E-state index in [1.54, 1.807) is 17.4 Å². The van der Waals surface area contributed by atoms with Gasteiger partial charge in [-0.2, -0.15) is 0 Å². The van der Waals surface area contributed by atoms with Crippen LogP contribution < -0.4 is 5.73 Å². The van der Waals surface area contributed by atoms with Crippen LogP contribution in [0.5, 0.6) is 0 Å². The lowest BCUT2D eigenvalue weighted by Crippen LogP contribution is -2.13. The molecule has 1 aromatic heterocycles. The SMILES string of the molecule is Cc1ccc(C(N)c2csc3ccccc23)c(F)c1. The minimum Gasteiger partial charge on any atom is -0.320 e. The smallest absolute Gasteiger partial charge is 0.128 e. The third-order valence-electron chi connectivity index (χ3n) is 3.34. The molecule has 0 saturated carbocycles. The van der Waals surface area contributed by atoms with E-state index in [0.717, 1.165) is 16.5 Å². The van der Waals surface area contributed by atoms with Gasteiger partial charge in [0.25, 0.3) is 0 Å². The predicted molar refractivity (Wildman–Crippen MR) is 79.0 cm³/mol. The molecule has 0 bridgehead atoms. The summed E-state index contributed by atoms with van der Waals surface area (Å²) in [5.74, 6) is -0.234. The summed E-state index contributed by atoms with van der Waals surface area (Å²) >= 11 is 1.64. The molecule has 0 aliphatic heterocycles. The second-order valence-electron chi connectivity index (χ2n) is 4.69. The van der Waals surface area contributed by atoms with E-state index in [-0.39, 0.29) is 5.82 Å². The van der Waals surface area contributed by atoms with Crippen LogP contribution in [0.1, 0.15) is 22.7 Å². The maximum atomic E-state index is 14.0. The van der Waals surface area contributed by atoms with E-state index in [1.165, 1.54) is 10.8 Å². The van der Waals surface area contributed by atoms with Crippen molar-refractivity contribution in [2.45, 2.75) is 13.0 Å². The fraction of sp³-hybridized carbons (Fsp3) is 0.125. The fourth-order valence-corrected chi connectivity index (χ4v) is 3.29. The Kier molecular flexibility index (Phi) is 3.09. The van der Waals surface area contributed by atoms with Gasteiger partial charge in [-0.15, -0.1) is 11.3 Å². The largest absolute Gasteiger partial charge is 0.320 e. The quantitative estimate of drug-likeness (QED) is 0.734. The van der Waals surface area contributed by atoms with Crippen molar-refractivity contribution < 1.29 is 4.39 Å². The Balaban J connectivity index is 2.10. The molecule has 2 N–H and O–H groups in total. The molecule has 0 spiro atoms. The summed E-state index contributed by atoms with van der Waals surface area (Å²) in [7, 11) is 0. The van der Waals surface area contributed by atoms with E-state index in [4.69, 9.17) is 5.73 Å². The van der Waals surface area contributed by atoms with E-state index in [1.807, 2.05) is 36.6 Å². The minimum absolute atomic E-state index is 0.234. The van der Waals surface area contributed by atoms with Crippen molar-refractivity contribution in [1.29, 1.82) is 0 Å². The van der Waals surface area contributed by atoms with Crippen molar-refractivity contribution in [2.24, 2.45) is 5.73 Å². The summed E-state index contributed by atoms with van der Waals surface area (Å²) in [5.41, 5.74) is 8.69. The highest BCUT2D eigenvalue weighted by atomic mass is 32.1. The van der Waals surface area contributed by atoms with Gasteiger partial charge in [0.05, 0.1) is 6.04 Å². The first-order valence-corrected chi connectivity index (χ1v) is 7.02. The van der Waals surface area contributed by atoms with E-state index in [2.05, 4.69) is 6.07 Å². The average molecular weight is 271 g/mol. The first-order chi connectivity index (χ1) is 9.16. The molecule has 3 heteroatoms. The molecule has 0 aliphatic carbocycles. The van der Waals surface area contributed by atoms with Crippen LogP contribution in [-0.4, -0.2) is 0 Å². The highest BCUT2D eigenvalue weighted by Gasteiger charge is 2.17. The Morgan fingerprint density at radius 2 is 1.89 bits per heavy atom. The van der Waals surface area contributed by atoms with Gasteiger partial charge in [-0.25, -0.2) is 4.39 Å². The lowest BCUT2D eigenvalue weighted by atomic mass is 9.98. The number of nitrogens with two attached hydrogens (primary N) is 1. The standard InChI is InChI=1S/C16H14FNS/c1-10-6-7-12(14(17)8-10)16(18)13-9-19-15-5-3-2-4-11(13)15/h2-9,16H,18H2,1H3. The van der Waals surface area contributed by atoms with E-state index < -0.39 is 6.04 Å². The van der Waals surface area contributed by atoms with E-state index in [0.29, 0.717) is 5.56 Å². The molecule has 0 radical (unpaired) electrons. The predicted octanol–water partition coefficient (Wildman–Crippen LogP) is 4.40. The van der Waals surface area contributed by atoms with Gasteiger partial charge in [-0.05, 0) is 40.9 Å². The van der Waals surface area contributed by atoms with Crippen LogP contribution in [0.4, 0.5) is 4.39 Å². The summed E-state index contributed by atoms with van der Waals surface area (Å²) in [6, 6.07) is 12.9. The molecular weight excluding hydrogens is 257 g/mol. The molecule has 96 valence electrons. The molecule has 1 nitrogen and oxygen atoms in total. The Hall–Kier alpha value is -1.71. The fourth-order valence-electron chi connectivity index (χ4n) is 2.29. The van der Waals surface area contributed by atoms with Gasteiger partial charge < -0.3 is 5.73 Å². The Labute approximate surface area is 115 Å². The van der Waals surface area contributed by atoms with Crippen molar-refractivity contribution in [2.75, 3.05) is 0 Å². The Bertz CT molecular complexity index is 732. The molecule has 0 fully saturated rings. The number of hydrogen-bond acceptors (Lipinski definition) is 2. The van der Waals surface area contributed by atoms with Crippen molar-refractivity contribution in [3.05, 3.63) is 70.4 Å². The van der Waals surface area contributed by atoms with Crippen molar-refractivity contribution in [3.8, 4) is 0 Å². The molecular formula is C16H14FNS. The Morgan fingerprint density at radius 1 is 1.11 bits per heavy atom. The maximum absolute atomic E-state index is 14.0. The van der Waals surface area contributed by atoms with Crippen LogP contribution in [0.25, 0.3) is 10.1 Å². The zero-order chi connectivity index (χ0) is 13.4. The highest BCUT2D eigenvalue weighted by Crippen LogP contribution is 2.33. The number of benzene rings is 2. The lowest BCUT2D eigenvalue weighted by Gasteiger charge is -2.13. The molecule has 0 aliphatic rings. The average Bonchev–Trinajstić information content (AvgIpc) is 2.82. The zero-order valence-electron chi connectivity index (χ0n) is 10.6. The van der Waals surface area contributed by atoms with Gasteiger partial charge in [-0.1, -0.05) is 30.3 Å². The van der Waals surface area contributed by atoms with E-state index >= 15 is 0 Å². The molecule has 3 rings (SSSR count). The topological polar surface area (TPSA) is 26.0 Å². The molecule has 0 saturated heterocycles.